The van der Waals surface area contributed by atoms with Crippen LogP contribution in [0.15, 0.2) is 18.2 Å². The summed E-state index contributed by atoms with van der Waals surface area (Å²) in [6.45, 7) is 3.45. The van der Waals surface area contributed by atoms with Crippen LogP contribution in [0.2, 0.25) is 5.02 Å². The van der Waals surface area contributed by atoms with Crippen LogP contribution in [0.25, 0.3) is 0 Å². The summed E-state index contributed by atoms with van der Waals surface area (Å²) in [4.78, 5) is 12.9. The van der Waals surface area contributed by atoms with Crippen molar-refractivity contribution in [1.29, 1.82) is 0 Å². The third-order valence-corrected chi connectivity index (χ3v) is 5.98. The van der Waals surface area contributed by atoms with Gasteiger partial charge in [-0.25, -0.2) is 0 Å². The first-order valence-electron chi connectivity index (χ1n) is 9.65. The molecule has 0 aliphatic heterocycles. The fourth-order valence-electron chi connectivity index (χ4n) is 4.34. The summed E-state index contributed by atoms with van der Waals surface area (Å²) in [5.74, 6) is 1.51. The average Bonchev–Trinajstić information content (AvgIpc) is 2.60. The predicted molar refractivity (Wildman–Crippen MR) is 111 cm³/mol. The van der Waals surface area contributed by atoms with Crippen LogP contribution in [0.5, 0.6) is 5.75 Å². The van der Waals surface area contributed by atoms with E-state index in [1.807, 2.05) is 19.1 Å². The number of halogens is 2. The van der Waals surface area contributed by atoms with Gasteiger partial charge in [-0.1, -0.05) is 24.1 Å². The molecule has 2 saturated carbocycles. The average molecular weight is 417 g/mol. The zero-order chi connectivity index (χ0) is 18.5. The maximum Gasteiger partial charge on any atom is 0.227 e. The molecular formula is C20H30Cl2N2O3. The molecule has 2 aliphatic rings. The second kappa shape index (κ2) is 10.5. The number of anilines is 1. The lowest BCUT2D eigenvalue weighted by atomic mass is 9.65. The number of para-hydroxylation sites is 1. The van der Waals surface area contributed by atoms with Crippen molar-refractivity contribution in [1.82, 2.24) is 0 Å². The van der Waals surface area contributed by atoms with Crippen LogP contribution < -0.4 is 15.8 Å². The molecule has 5 nitrogen and oxygen atoms in total. The highest BCUT2D eigenvalue weighted by molar-refractivity contribution is 6.32. The Morgan fingerprint density at radius 3 is 2.63 bits per heavy atom. The number of nitrogens with one attached hydrogen (secondary N) is 1. The van der Waals surface area contributed by atoms with Gasteiger partial charge >= 0.3 is 0 Å². The van der Waals surface area contributed by atoms with E-state index in [1.165, 1.54) is 6.42 Å². The van der Waals surface area contributed by atoms with E-state index in [0.717, 1.165) is 25.7 Å². The standard InChI is InChI=1S/C20H29ClN2O3.ClH/c1-2-25-9-10-26-19-16(21)7-4-8-17(19)23-20(24)15-11-13-5-3-6-14(12-15)18(13)22;/h4,7-8,13-15,18H,2-3,5-6,9-12,22H2,1H3,(H,23,24);1H. The molecule has 0 radical (unpaired) electrons. The molecule has 0 spiro atoms. The minimum atomic E-state index is 0. The fourth-order valence-corrected chi connectivity index (χ4v) is 4.57. The Labute approximate surface area is 172 Å². The van der Waals surface area contributed by atoms with E-state index < -0.39 is 0 Å². The van der Waals surface area contributed by atoms with E-state index in [4.69, 9.17) is 26.8 Å². The molecule has 152 valence electrons. The third-order valence-electron chi connectivity index (χ3n) is 5.69. The zero-order valence-electron chi connectivity index (χ0n) is 15.8. The largest absolute Gasteiger partial charge is 0.487 e. The topological polar surface area (TPSA) is 73.6 Å². The van der Waals surface area contributed by atoms with Crippen LogP contribution in [0.3, 0.4) is 0 Å². The van der Waals surface area contributed by atoms with Gasteiger partial charge in [-0.05, 0) is 56.6 Å². The van der Waals surface area contributed by atoms with Gasteiger partial charge < -0.3 is 20.5 Å². The van der Waals surface area contributed by atoms with Crippen LogP contribution in [-0.4, -0.2) is 31.8 Å². The molecule has 2 bridgehead atoms. The molecule has 1 aromatic carbocycles. The Morgan fingerprint density at radius 1 is 1.26 bits per heavy atom. The van der Waals surface area contributed by atoms with Crippen molar-refractivity contribution in [2.75, 3.05) is 25.1 Å². The van der Waals surface area contributed by atoms with Gasteiger partial charge in [0.2, 0.25) is 5.91 Å². The van der Waals surface area contributed by atoms with Crippen molar-refractivity contribution in [3.63, 3.8) is 0 Å². The molecule has 3 rings (SSSR count). The van der Waals surface area contributed by atoms with Gasteiger partial charge in [0.1, 0.15) is 6.61 Å². The Balaban J connectivity index is 0.00000261. The first-order valence-corrected chi connectivity index (χ1v) is 10.0. The van der Waals surface area contributed by atoms with Gasteiger partial charge in [0.25, 0.3) is 0 Å². The number of hydrogen-bond donors (Lipinski definition) is 2. The van der Waals surface area contributed by atoms with Crippen LogP contribution in [-0.2, 0) is 9.53 Å². The molecule has 1 amide bonds. The monoisotopic (exact) mass is 416 g/mol. The Morgan fingerprint density at radius 2 is 1.96 bits per heavy atom. The van der Waals surface area contributed by atoms with E-state index >= 15 is 0 Å². The first-order chi connectivity index (χ1) is 12.6. The van der Waals surface area contributed by atoms with Crippen LogP contribution in [0, 0.1) is 17.8 Å². The minimum absolute atomic E-state index is 0. The molecule has 0 saturated heterocycles. The second-order valence-electron chi connectivity index (χ2n) is 7.35. The lowest BCUT2D eigenvalue weighted by Gasteiger charge is -2.43. The summed E-state index contributed by atoms with van der Waals surface area (Å²) < 4.78 is 11.1. The van der Waals surface area contributed by atoms with Crippen molar-refractivity contribution in [2.45, 2.75) is 45.1 Å². The molecule has 1 aromatic rings. The summed E-state index contributed by atoms with van der Waals surface area (Å²) in [7, 11) is 0. The fraction of sp³-hybridized carbons (Fsp3) is 0.650. The smallest absolute Gasteiger partial charge is 0.227 e. The number of rotatable bonds is 7. The number of carbonyl (C=O) groups excluding carboxylic acids is 1. The van der Waals surface area contributed by atoms with Crippen LogP contribution in [0.1, 0.15) is 39.0 Å². The summed E-state index contributed by atoms with van der Waals surface area (Å²) in [6, 6.07) is 5.67. The highest BCUT2D eigenvalue weighted by atomic mass is 35.5. The van der Waals surface area contributed by atoms with Crippen LogP contribution >= 0.6 is 24.0 Å². The zero-order valence-corrected chi connectivity index (χ0v) is 17.4. The van der Waals surface area contributed by atoms with E-state index in [9.17, 15) is 4.79 Å². The number of benzene rings is 1. The summed E-state index contributed by atoms with van der Waals surface area (Å²) in [5.41, 5.74) is 6.97. The number of ether oxygens (including phenoxy) is 2. The Hall–Kier alpha value is -1.01. The molecule has 3 N–H and O–H groups in total. The van der Waals surface area contributed by atoms with Gasteiger partial charge in [0, 0.05) is 18.6 Å². The van der Waals surface area contributed by atoms with Gasteiger partial charge in [-0.3, -0.25) is 4.79 Å². The molecular weight excluding hydrogens is 387 g/mol. The van der Waals surface area contributed by atoms with Crippen LogP contribution in [0.4, 0.5) is 5.69 Å². The number of fused-ring (bicyclic) bond motifs is 2. The number of hydrogen-bond acceptors (Lipinski definition) is 4. The Kier molecular flexibility index (Phi) is 8.67. The van der Waals surface area contributed by atoms with Crippen molar-refractivity contribution in [2.24, 2.45) is 23.5 Å². The Bertz CT molecular complexity index is 615. The van der Waals surface area contributed by atoms with Gasteiger partial charge in [-0.15, -0.1) is 12.4 Å². The summed E-state index contributed by atoms with van der Waals surface area (Å²) >= 11 is 6.27. The highest BCUT2D eigenvalue weighted by Crippen LogP contribution is 2.42. The van der Waals surface area contributed by atoms with E-state index in [2.05, 4.69) is 5.32 Å². The first kappa shape index (κ1) is 22.3. The predicted octanol–water partition coefficient (Wildman–Crippen LogP) is 4.27. The molecule has 2 fully saturated rings. The molecule has 2 unspecified atom stereocenters. The van der Waals surface area contributed by atoms with Gasteiger partial charge in [0.05, 0.1) is 17.3 Å². The normalized spacial score (nSPS) is 26.8. The molecule has 27 heavy (non-hydrogen) atoms. The molecule has 0 aromatic heterocycles. The van der Waals surface area contributed by atoms with Gasteiger partial charge in [0.15, 0.2) is 5.75 Å². The number of amides is 1. The summed E-state index contributed by atoms with van der Waals surface area (Å²) in [5, 5.41) is 3.52. The minimum Gasteiger partial charge on any atom is -0.487 e. The van der Waals surface area contributed by atoms with E-state index in [1.54, 1.807) is 6.07 Å². The number of carbonyl (C=O) groups is 1. The third kappa shape index (κ3) is 5.50. The van der Waals surface area contributed by atoms with Crippen molar-refractivity contribution >= 4 is 35.6 Å². The van der Waals surface area contributed by atoms with Crippen molar-refractivity contribution in [3.8, 4) is 5.75 Å². The van der Waals surface area contributed by atoms with E-state index in [-0.39, 0.29) is 30.3 Å². The lowest BCUT2D eigenvalue weighted by Crippen LogP contribution is -2.48. The number of nitrogens with two attached hydrogens (primary N) is 1. The molecule has 0 heterocycles. The lowest BCUT2D eigenvalue weighted by molar-refractivity contribution is -0.122. The molecule has 2 aliphatic carbocycles. The van der Waals surface area contributed by atoms with E-state index in [0.29, 0.717) is 48.1 Å². The molecule has 7 heteroatoms. The molecule has 2 atom stereocenters. The van der Waals surface area contributed by atoms with Crippen molar-refractivity contribution in [3.05, 3.63) is 23.2 Å². The maximum absolute atomic E-state index is 12.9. The SMILES string of the molecule is CCOCCOc1c(Cl)cccc1NC(=O)C1CC2CCCC(C1)C2N.Cl. The van der Waals surface area contributed by atoms with Crippen molar-refractivity contribution < 1.29 is 14.3 Å². The highest BCUT2D eigenvalue weighted by Gasteiger charge is 2.40. The second-order valence-corrected chi connectivity index (χ2v) is 7.76. The van der Waals surface area contributed by atoms with Gasteiger partial charge in [-0.2, -0.15) is 0 Å². The summed E-state index contributed by atoms with van der Waals surface area (Å²) in [6.07, 6.45) is 5.29. The quantitative estimate of drug-likeness (QED) is 0.650. The maximum atomic E-state index is 12.9.